The fraction of sp³-hybridized carbons (Fsp3) is 0.348. The summed E-state index contributed by atoms with van der Waals surface area (Å²) >= 11 is 0. The standard InChI is InChI=1S/C23H26N4O3/c1-16-5-7-17(8-6-16)14-24-22(28)19-4-3-13-27(15-19)23-25-21(26-30-23)18-9-11-20(29-2)12-10-18/h5-12,19H,3-4,13-15H2,1-2H3,(H,24,28). The summed E-state index contributed by atoms with van der Waals surface area (Å²) in [5.41, 5.74) is 3.17. The van der Waals surface area contributed by atoms with Gasteiger partial charge in [-0.1, -0.05) is 35.0 Å². The Morgan fingerprint density at radius 1 is 1.20 bits per heavy atom. The van der Waals surface area contributed by atoms with Crippen LogP contribution in [0.1, 0.15) is 24.0 Å². The highest BCUT2D eigenvalue weighted by atomic mass is 16.5. The molecule has 1 amide bonds. The number of benzene rings is 2. The van der Waals surface area contributed by atoms with E-state index in [2.05, 4.69) is 34.5 Å². The van der Waals surface area contributed by atoms with Gasteiger partial charge < -0.3 is 19.5 Å². The summed E-state index contributed by atoms with van der Waals surface area (Å²) in [4.78, 5) is 19.2. The molecule has 1 fully saturated rings. The van der Waals surface area contributed by atoms with Crippen molar-refractivity contribution >= 4 is 11.9 Å². The molecule has 4 rings (SSSR count). The molecule has 1 unspecified atom stereocenters. The second-order valence-corrected chi connectivity index (χ2v) is 7.62. The Morgan fingerprint density at radius 3 is 2.70 bits per heavy atom. The molecule has 3 aromatic rings. The molecule has 7 nitrogen and oxygen atoms in total. The number of aromatic nitrogens is 2. The topological polar surface area (TPSA) is 80.5 Å². The fourth-order valence-corrected chi connectivity index (χ4v) is 3.61. The summed E-state index contributed by atoms with van der Waals surface area (Å²) < 4.78 is 10.7. The summed E-state index contributed by atoms with van der Waals surface area (Å²) in [6, 6.07) is 16.2. The largest absolute Gasteiger partial charge is 0.497 e. The fourth-order valence-electron chi connectivity index (χ4n) is 3.61. The van der Waals surface area contributed by atoms with Gasteiger partial charge in [0.25, 0.3) is 0 Å². The van der Waals surface area contributed by atoms with Gasteiger partial charge in [0.05, 0.1) is 13.0 Å². The first-order valence-corrected chi connectivity index (χ1v) is 10.2. The number of hydrogen-bond acceptors (Lipinski definition) is 6. The van der Waals surface area contributed by atoms with Crippen LogP contribution >= 0.6 is 0 Å². The number of nitrogens with zero attached hydrogens (tertiary/aromatic N) is 3. The van der Waals surface area contributed by atoms with Crippen LogP contribution in [0.25, 0.3) is 11.4 Å². The van der Waals surface area contributed by atoms with Crippen LogP contribution in [0.2, 0.25) is 0 Å². The minimum atomic E-state index is -0.0967. The zero-order valence-corrected chi connectivity index (χ0v) is 17.3. The number of rotatable bonds is 6. The normalized spacial score (nSPS) is 16.3. The van der Waals surface area contributed by atoms with Crippen LogP contribution in [0.15, 0.2) is 53.1 Å². The van der Waals surface area contributed by atoms with Crippen LogP contribution in [-0.2, 0) is 11.3 Å². The van der Waals surface area contributed by atoms with Gasteiger partial charge in [-0.25, -0.2) is 0 Å². The highest BCUT2D eigenvalue weighted by Crippen LogP contribution is 2.26. The van der Waals surface area contributed by atoms with E-state index in [9.17, 15) is 4.79 Å². The Morgan fingerprint density at radius 2 is 1.97 bits per heavy atom. The van der Waals surface area contributed by atoms with Gasteiger partial charge in [0.2, 0.25) is 11.7 Å². The van der Waals surface area contributed by atoms with Gasteiger partial charge in [-0.05, 0) is 49.6 Å². The Hall–Kier alpha value is -3.35. The average molecular weight is 406 g/mol. The van der Waals surface area contributed by atoms with E-state index in [1.807, 2.05) is 41.3 Å². The van der Waals surface area contributed by atoms with E-state index in [0.29, 0.717) is 24.9 Å². The molecule has 1 aliphatic rings. The highest BCUT2D eigenvalue weighted by Gasteiger charge is 2.28. The van der Waals surface area contributed by atoms with Gasteiger partial charge in [0.15, 0.2) is 0 Å². The maximum absolute atomic E-state index is 12.7. The Labute approximate surface area is 176 Å². The molecule has 1 aliphatic heterocycles. The molecule has 1 aromatic heterocycles. The van der Waals surface area contributed by atoms with Crippen LogP contribution in [-0.4, -0.2) is 36.2 Å². The number of anilines is 1. The lowest BCUT2D eigenvalue weighted by atomic mass is 9.97. The molecule has 0 saturated carbocycles. The van der Waals surface area contributed by atoms with Gasteiger partial charge in [-0.3, -0.25) is 4.79 Å². The van der Waals surface area contributed by atoms with E-state index in [1.54, 1.807) is 7.11 Å². The van der Waals surface area contributed by atoms with Crippen molar-refractivity contribution in [2.75, 3.05) is 25.1 Å². The van der Waals surface area contributed by atoms with Gasteiger partial charge in [0.1, 0.15) is 5.75 Å². The zero-order valence-electron chi connectivity index (χ0n) is 17.3. The van der Waals surface area contributed by atoms with Crippen molar-refractivity contribution in [3.05, 3.63) is 59.7 Å². The van der Waals surface area contributed by atoms with Gasteiger partial charge in [0, 0.05) is 25.2 Å². The molecular formula is C23H26N4O3. The minimum absolute atomic E-state index is 0.0650. The molecule has 2 aromatic carbocycles. The summed E-state index contributed by atoms with van der Waals surface area (Å²) in [5, 5.41) is 7.16. The third-order valence-electron chi connectivity index (χ3n) is 5.41. The summed E-state index contributed by atoms with van der Waals surface area (Å²) in [6.07, 6.45) is 1.76. The summed E-state index contributed by atoms with van der Waals surface area (Å²) in [6.45, 7) is 3.96. The molecule has 0 bridgehead atoms. The first kappa shape index (κ1) is 19.9. The molecule has 156 valence electrons. The van der Waals surface area contributed by atoms with E-state index in [0.717, 1.165) is 36.3 Å². The van der Waals surface area contributed by atoms with Crippen LogP contribution in [0.4, 0.5) is 6.01 Å². The molecule has 0 aliphatic carbocycles. The molecule has 2 heterocycles. The third-order valence-corrected chi connectivity index (χ3v) is 5.41. The van der Waals surface area contributed by atoms with Gasteiger partial charge in [-0.15, -0.1) is 0 Å². The second-order valence-electron chi connectivity index (χ2n) is 7.62. The van der Waals surface area contributed by atoms with Gasteiger partial charge in [-0.2, -0.15) is 4.98 Å². The molecule has 1 atom stereocenters. The highest BCUT2D eigenvalue weighted by molar-refractivity contribution is 5.79. The van der Waals surface area contributed by atoms with E-state index in [1.165, 1.54) is 5.56 Å². The summed E-state index contributed by atoms with van der Waals surface area (Å²) in [5.74, 6) is 1.27. The maximum Gasteiger partial charge on any atom is 0.324 e. The monoisotopic (exact) mass is 406 g/mol. The number of carbonyl (C=O) groups excluding carboxylic acids is 1. The van der Waals surface area contributed by atoms with E-state index < -0.39 is 0 Å². The van der Waals surface area contributed by atoms with Crippen molar-refractivity contribution < 1.29 is 14.1 Å². The number of aryl methyl sites for hydroxylation is 1. The quantitative estimate of drug-likeness (QED) is 0.674. The van der Waals surface area contributed by atoms with Crippen molar-refractivity contribution in [3.63, 3.8) is 0 Å². The Kier molecular flexibility index (Phi) is 5.97. The molecule has 7 heteroatoms. The molecule has 0 radical (unpaired) electrons. The molecular weight excluding hydrogens is 380 g/mol. The van der Waals surface area contributed by atoms with Crippen molar-refractivity contribution in [2.45, 2.75) is 26.3 Å². The average Bonchev–Trinajstić information content (AvgIpc) is 3.29. The molecule has 0 spiro atoms. The predicted molar refractivity (Wildman–Crippen MR) is 114 cm³/mol. The first-order valence-electron chi connectivity index (χ1n) is 10.2. The number of ether oxygens (including phenoxy) is 1. The Bertz CT molecular complexity index is 982. The van der Waals surface area contributed by atoms with Gasteiger partial charge >= 0.3 is 6.01 Å². The van der Waals surface area contributed by atoms with Crippen LogP contribution < -0.4 is 15.0 Å². The number of methoxy groups -OCH3 is 1. The third kappa shape index (κ3) is 4.62. The van der Waals surface area contributed by atoms with Crippen molar-refractivity contribution in [1.29, 1.82) is 0 Å². The SMILES string of the molecule is COc1ccc(-c2noc(N3CCCC(C(=O)NCc4ccc(C)cc4)C3)n2)cc1. The van der Waals surface area contributed by atoms with E-state index >= 15 is 0 Å². The number of piperidine rings is 1. The summed E-state index contributed by atoms with van der Waals surface area (Å²) in [7, 11) is 1.63. The lowest BCUT2D eigenvalue weighted by molar-refractivity contribution is -0.125. The lowest BCUT2D eigenvalue weighted by Gasteiger charge is -2.30. The minimum Gasteiger partial charge on any atom is -0.497 e. The first-order chi connectivity index (χ1) is 14.6. The molecule has 1 N–H and O–H groups in total. The maximum atomic E-state index is 12.7. The Balaban J connectivity index is 1.37. The van der Waals surface area contributed by atoms with Crippen LogP contribution in [0.3, 0.4) is 0 Å². The zero-order chi connectivity index (χ0) is 20.9. The van der Waals surface area contributed by atoms with Crippen LogP contribution in [0.5, 0.6) is 5.75 Å². The molecule has 30 heavy (non-hydrogen) atoms. The number of hydrogen-bond donors (Lipinski definition) is 1. The van der Waals surface area contributed by atoms with E-state index in [-0.39, 0.29) is 11.8 Å². The second kappa shape index (κ2) is 8.98. The number of carbonyl (C=O) groups is 1. The number of nitrogens with one attached hydrogen (secondary N) is 1. The van der Waals surface area contributed by atoms with Crippen molar-refractivity contribution in [1.82, 2.24) is 15.5 Å². The van der Waals surface area contributed by atoms with Crippen LogP contribution in [0, 0.1) is 12.8 Å². The predicted octanol–water partition coefficient (Wildman–Crippen LogP) is 3.59. The smallest absolute Gasteiger partial charge is 0.324 e. The van der Waals surface area contributed by atoms with E-state index in [4.69, 9.17) is 9.26 Å². The molecule has 1 saturated heterocycles. The van der Waals surface area contributed by atoms with Crippen molar-refractivity contribution in [2.24, 2.45) is 5.92 Å². The van der Waals surface area contributed by atoms with Crippen molar-refractivity contribution in [3.8, 4) is 17.1 Å². The number of amides is 1. The lowest BCUT2D eigenvalue weighted by Crippen LogP contribution is -2.43.